The molecule has 0 unspecified atom stereocenters. The molecule has 118 valence electrons. The van der Waals surface area contributed by atoms with E-state index in [1.54, 1.807) is 0 Å². The number of hydrogen-bond donors (Lipinski definition) is 3. The Kier molecular flexibility index (Phi) is 4.26. The fourth-order valence-electron chi connectivity index (χ4n) is 1.97. The Morgan fingerprint density at radius 3 is 2.35 bits per heavy atom. The molecule has 0 heterocycles. The van der Waals surface area contributed by atoms with Crippen LogP contribution in [0.4, 0.5) is 11.4 Å². The zero-order valence-corrected chi connectivity index (χ0v) is 11.9. The molecule has 3 N–H and O–H groups in total. The summed E-state index contributed by atoms with van der Waals surface area (Å²) in [6, 6.07) is 7.29. The molecule has 0 fully saturated rings. The molecule has 1 amide bonds. The molecule has 0 bridgehead atoms. The van der Waals surface area contributed by atoms with Gasteiger partial charge in [0.2, 0.25) is 0 Å². The number of carboxylic acids is 1. The summed E-state index contributed by atoms with van der Waals surface area (Å²) in [5.41, 5.74) is 0.181. The fourth-order valence-corrected chi connectivity index (χ4v) is 1.97. The fraction of sp³-hybridized carbons (Fsp3) is 0.0667. The van der Waals surface area contributed by atoms with E-state index in [1.807, 2.05) is 0 Å². The van der Waals surface area contributed by atoms with Crippen molar-refractivity contribution < 1.29 is 24.7 Å². The molecule has 8 heteroatoms. The lowest BCUT2D eigenvalue weighted by atomic mass is 10.1. The number of aromatic hydroxyl groups is 1. The van der Waals surface area contributed by atoms with Crippen molar-refractivity contribution in [1.29, 1.82) is 0 Å². The second-order valence-corrected chi connectivity index (χ2v) is 4.75. The lowest BCUT2D eigenvalue weighted by Crippen LogP contribution is -2.13. The van der Waals surface area contributed by atoms with Crippen LogP contribution in [0.1, 0.15) is 26.3 Å². The molecular weight excluding hydrogens is 304 g/mol. The number of amides is 1. The van der Waals surface area contributed by atoms with Crippen molar-refractivity contribution in [2.24, 2.45) is 0 Å². The Hall–Kier alpha value is -3.42. The third kappa shape index (κ3) is 3.43. The Morgan fingerprint density at radius 1 is 1.13 bits per heavy atom. The highest BCUT2D eigenvalue weighted by molar-refractivity contribution is 6.06. The van der Waals surface area contributed by atoms with Crippen LogP contribution in [0.5, 0.6) is 5.75 Å². The minimum atomic E-state index is -1.20. The molecular formula is C15H12N2O6. The maximum absolute atomic E-state index is 12.1. The summed E-state index contributed by atoms with van der Waals surface area (Å²) >= 11 is 0. The number of aryl methyl sites for hydroxylation is 1. The Bertz CT molecular complexity index is 816. The van der Waals surface area contributed by atoms with Crippen molar-refractivity contribution in [1.82, 2.24) is 0 Å². The van der Waals surface area contributed by atoms with Crippen molar-refractivity contribution in [3.63, 3.8) is 0 Å². The molecule has 0 aliphatic carbocycles. The quantitative estimate of drug-likeness (QED) is 0.451. The molecule has 0 atom stereocenters. The second kappa shape index (κ2) is 6.14. The topological polar surface area (TPSA) is 130 Å². The number of aromatic carboxylic acids is 1. The second-order valence-electron chi connectivity index (χ2n) is 4.75. The number of benzene rings is 2. The number of rotatable bonds is 4. The van der Waals surface area contributed by atoms with Crippen LogP contribution in [0.3, 0.4) is 0 Å². The number of nitrogens with one attached hydrogen (secondary N) is 1. The van der Waals surface area contributed by atoms with Crippen LogP contribution in [0.15, 0.2) is 36.4 Å². The van der Waals surface area contributed by atoms with E-state index in [2.05, 4.69) is 5.32 Å². The first-order chi connectivity index (χ1) is 10.8. The summed E-state index contributed by atoms with van der Waals surface area (Å²) in [4.78, 5) is 33.2. The maximum Gasteiger partial charge on any atom is 0.335 e. The van der Waals surface area contributed by atoms with Crippen LogP contribution >= 0.6 is 0 Å². The number of carbonyl (C=O) groups is 2. The number of phenolic OH excluding ortho intramolecular Hbond substituents is 1. The van der Waals surface area contributed by atoms with Gasteiger partial charge in [0.25, 0.3) is 11.6 Å². The number of carboxylic acid groups (broad SMARTS) is 1. The zero-order valence-electron chi connectivity index (χ0n) is 11.9. The number of nitro benzene ring substituents is 1. The van der Waals surface area contributed by atoms with E-state index in [1.165, 1.54) is 31.2 Å². The first-order valence-electron chi connectivity index (χ1n) is 6.42. The zero-order chi connectivity index (χ0) is 17.1. The molecule has 2 rings (SSSR count). The lowest BCUT2D eigenvalue weighted by Gasteiger charge is -2.09. The van der Waals surface area contributed by atoms with Crippen molar-refractivity contribution >= 4 is 23.3 Å². The van der Waals surface area contributed by atoms with Crippen molar-refractivity contribution in [2.75, 3.05) is 5.32 Å². The summed E-state index contributed by atoms with van der Waals surface area (Å²) in [6.45, 7) is 1.50. The summed E-state index contributed by atoms with van der Waals surface area (Å²) in [6.07, 6.45) is 0. The van der Waals surface area contributed by atoms with E-state index in [9.17, 15) is 24.8 Å². The van der Waals surface area contributed by atoms with Crippen molar-refractivity contribution in [2.45, 2.75) is 6.92 Å². The number of phenols is 1. The van der Waals surface area contributed by atoms with Crippen LogP contribution in [-0.2, 0) is 0 Å². The summed E-state index contributed by atoms with van der Waals surface area (Å²) in [5.74, 6) is -2.12. The maximum atomic E-state index is 12.1. The number of nitrogens with zero attached hydrogens (tertiary/aromatic N) is 1. The molecule has 0 radical (unpaired) electrons. The normalized spacial score (nSPS) is 10.1. The number of carbonyl (C=O) groups excluding carboxylic acids is 1. The monoisotopic (exact) mass is 316 g/mol. The Balaban J connectivity index is 2.29. The smallest absolute Gasteiger partial charge is 0.335 e. The van der Waals surface area contributed by atoms with E-state index in [-0.39, 0.29) is 28.3 Å². The van der Waals surface area contributed by atoms with E-state index in [0.29, 0.717) is 5.56 Å². The van der Waals surface area contributed by atoms with E-state index in [4.69, 9.17) is 5.11 Å². The predicted octanol–water partition coefficient (Wildman–Crippen LogP) is 2.56. The first kappa shape index (κ1) is 16.0. The van der Waals surface area contributed by atoms with Gasteiger partial charge in [0.1, 0.15) is 5.75 Å². The van der Waals surface area contributed by atoms with Gasteiger partial charge in [-0.15, -0.1) is 0 Å². The van der Waals surface area contributed by atoms with Gasteiger partial charge in [-0.1, -0.05) is 0 Å². The highest BCUT2D eigenvalue weighted by atomic mass is 16.6. The lowest BCUT2D eigenvalue weighted by molar-refractivity contribution is -0.385. The molecule has 2 aromatic carbocycles. The Labute approximate surface area is 130 Å². The van der Waals surface area contributed by atoms with E-state index >= 15 is 0 Å². The molecule has 0 saturated carbocycles. The predicted molar refractivity (Wildman–Crippen MR) is 80.9 cm³/mol. The van der Waals surface area contributed by atoms with Gasteiger partial charge >= 0.3 is 5.97 Å². The third-order valence-electron chi connectivity index (χ3n) is 3.15. The standard InChI is InChI=1S/C15H12N2O6/c1-8-6-9(2-4-12(8)17(22)23)14(19)16-11-7-10(15(20)21)3-5-13(11)18/h2-7,18H,1H3,(H,16,19)(H,20,21). The molecule has 0 spiro atoms. The van der Waals surface area contributed by atoms with Gasteiger partial charge < -0.3 is 15.5 Å². The minimum absolute atomic E-state index is 0.0640. The molecule has 0 aromatic heterocycles. The molecule has 0 saturated heterocycles. The van der Waals surface area contributed by atoms with Gasteiger partial charge in [0.15, 0.2) is 0 Å². The third-order valence-corrected chi connectivity index (χ3v) is 3.15. The van der Waals surface area contributed by atoms with Crippen LogP contribution < -0.4 is 5.32 Å². The molecule has 23 heavy (non-hydrogen) atoms. The van der Waals surface area contributed by atoms with Gasteiger partial charge in [-0.25, -0.2) is 4.79 Å². The first-order valence-corrected chi connectivity index (χ1v) is 6.42. The van der Waals surface area contributed by atoms with Gasteiger partial charge in [-0.3, -0.25) is 14.9 Å². The summed E-state index contributed by atoms with van der Waals surface area (Å²) < 4.78 is 0. The molecule has 2 aromatic rings. The van der Waals surface area contributed by atoms with E-state index in [0.717, 1.165) is 12.1 Å². The van der Waals surface area contributed by atoms with Gasteiger partial charge in [0, 0.05) is 17.2 Å². The molecule has 0 aliphatic heterocycles. The average Bonchev–Trinajstić information content (AvgIpc) is 2.48. The number of nitro groups is 1. The van der Waals surface area contributed by atoms with E-state index < -0.39 is 16.8 Å². The Morgan fingerprint density at radius 2 is 1.78 bits per heavy atom. The molecule has 8 nitrogen and oxygen atoms in total. The van der Waals surface area contributed by atoms with Crippen LogP contribution in [-0.4, -0.2) is 27.0 Å². The van der Waals surface area contributed by atoms with Crippen LogP contribution in [0.2, 0.25) is 0 Å². The van der Waals surface area contributed by atoms with Crippen LogP contribution in [0.25, 0.3) is 0 Å². The number of anilines is 1. The van der Waals surface area contributed by atoms with Crippen molar-refractivity contribution in [3.8, 4) is 5.75 Å². The van der Waals surface area contributed by atoms with Gasteiger partial charge in [0.05, 0.1) is 16.2 Å². The highest BCUT2D eigenvalue weighted by Crippen LogP contribution is 2.25. The summed E-state index contributed by atoms with van der Waals surface area (Å²) in [5, 5.41) is 31.7. The van der Waals surface area contributed by atoms with Gasteiger partial charge in [-0.05, 0) is 37.3 Å². The molecule has 0 aliphatic rings. The van der Waals surface area contributed by atoms with Gasteiger partial charge in [-0.2, -0.15) is 0 Å². The largest absolute Gasteiger partial charge is 0.506 e. The number of hydrogen-bond acceptors (Lipinski definition) is 5. The van der Waals surface area contributed by atoms with Crippen LogP contribution in [0, 0.1) is 17.0 Å². The highest BCUT2D eigenvalue weighted by Gasteiger charge is 2.15. The SMILES string of the molecule is Cc1cc(C(=O)Nc2cc(C(=O)O)ccc2O)ccc1[N+](=O)[O-]. The average molecular weight is 316 g/mol. The van der Waals surface area contributed by atoms with Crippen molar-refractivity contribution in [3.05, 3.63) is 63.2 Å². The summed E-state index contributed by atoms with van der Waals surface area (Å²) in [7, 11) is 0. The minimum Gasteiger partial charge on any atom is -0.506 e.